The number of halogens is 1. The maximum Gasteiger partial charge on any atom is 0.347 e. The molecule has 1 aromatic rings. The Morgan fingerprint density at radius 1 is 1.52 bits per heavy atom. The Morgan fingerprint density at radius 3 is 2.81 bits per heavy atom. The number of non-ortho nitro benzene ring substituents is 1. The van der Waals surface area contributed by atoms with Gasteiger partial charge < -0.3 is 14.8 Å². The van der Waals surface area contributed by atoms with E-state index in [4.69, 9.17) is 21.1 Å². The highest BCUT2D eigenvalue weighted by Crippen LogP contribution is 2.23. The number of nitro benzene ring substituents is 1. The van der Waals surface area contributed by atoms with Gasteiger partial charge in [0.1, 0.15) is 6.04 Å². The smallest absolute Gasteiger partial charge is 0.347 e. The van der Waals surface area contributed by atoms with Gasteiger partial charge in [-0.3, -0.25) is 14.9 Å². The van der Waals surface area contributed by atoms with E-state index in [-0.39, 0.29) is 35.7 Å². The molecule has 146 valence electrons. The molecule has 0 aliphatic carbocycles. The number of thioether (sulfide) groups is 1. The number of hydrogen-bond acceptors (Lipinski definition) is 8. The number of carbonyl (C=O) groups is 3. The largest absolute Gasteiger partial charge is 0.463 e. The molecule has 0 saturated carbocycles. The third kappa shape index (κ3) is 5.57. The zero-order chi connectivity index (χ0) is 20.0. The lowest BCUT2D eigenvalue weighted by molar-refractivity contribution is -0.384. The minimum atomic E-state index is -0.996. The van der Waals surface area contributed by atoms with Crippen molar-refractivity contribution < 1.29 is 28.8 Å². The van der Waals surface area contributed by atoms with Crippen molar-refractivity contribution in [3.05, 3.63) is 38.9 Å². The van der Waals surface area contributed by atoms with E-state index in [0.29, 0.717) is 5.75 Å². The molecule has 1 heterocycles. The number of nitro groups is 1. The highest BCUT2D eigenvalue weighted by Gasteiger charge is 2.33. The molecule has 0 spiro atoms. The van der Waals surface area contributed by atoms with Crippen molar-refractivity contribution >= 4 is 46.9 Å². The lowest BCUT2D eigenvalue weighted by atomic mass is 10.1. The SMILES string of the molecule is CSCC[C@H](NC(=O)c1ccc([N+](=O)[O-])cc1Cl)C(=O)O[C@@H]1CCOC1=O. The predicted octanol–water partition coefficient (Wildman–Crippen LogP) is 1.96. The van der Waals surface area contributed by atoms with Crippen molar-refractivity contribution in [3.8, 4) is 0 Å². The van der Waals surface area contributed by atoms with Crippen LogP contribution in [0.4, 0.5) is 5.69 Å². The van der Waals surface area contributed by atoms with Gasteiger partial charge in [0.2, 0.25) is 6.10 Å². The van der Waals surface area contributed by atoms with Gasteiger partial charge in [-0.1, -0.05) is 11.6 Å². The summed E-state index contributed by atoms with van der Waals surface area (Å²) < 4.78 is 9.88. The van der Waals surface area contributed by atoms with Crippen molar-refractivity contribution in [3.63, 3.8) is 0 Å². The average Bonchev–Trinajstić information content (AvgIpc) is 3.02. The molecule has 2 rings (SSSR count). The van der Waals surface area contributed by atoms with E-state index in [2.05, 4.69) is 5.32 Å². The van der Waals surface area contributed by atoms with Crippen molar-refractivity contribution in [1.29, 1.82) is 0 Å². The third-order valence-electron chi connectivity index (χ3n) is 3.75. The first-order valence-electron chi connectivity index (χ1n) is 7.94. The summed E-state index contributed by atoms with van der Waals surface area (Å²) >= 11 is 7.42. The van der Waals surface area contributed by atoms with Crippen LogP contribution in [-0.2, 0) is 19.1 Å². The Hall–Kier alpha value is -2.33. The fraction of sp³-hybridized carbons (Fsp3) is 0.438. The molecule has 1 N–H and O–H groups in total. The molecule has 1 aliphatic rings. The van der Waals surface area contributed by atoms with Crippen LogP contribution in [0.15, 0.2) is 18.2 Å². The fourth-order valence-corrected chi connectivity index (χ4v) is 3.06. The molecule has 1 saturated heterocycles. The van der Waals surface area contributed by atoms with Crippen LogP contribution in [-0.4, -0.2) is 53.5 Å². The Labute approximate surface area is 163 Å². The van der Waals surface area contributed by atoms with E-state index in [1.807, 2.05) is 6.26 Å². The van der Waals surface area contributed by atoms with Gasteiger partial charge in [0.25, 0.3) is 11.6 Å². The van der Waals surface area contributed by atoms with E-state index >= 15 is 0 Å². The fourth-order valence-electron chi connectivity index (χ4n) is 2.33. The van der Waals surface area contributed by atoms with Crippen LogP contribution in [0.5, 0.6) is 0 Å². The summed E-state index contributed by atoms with van der Waals surface area (Å²) in [5, 5.41) is 13.2. The topological polar surface area (TPSA) is 125 Å². The molecule has 2 atom stereocenters. The molecule has 0 radical (unpaired) electrons. The molecule has 0 unspecified atom stereocenters. The van der Waals surface area contributed by atoms with E-state index in [0.717, 1.165) is 12.1 Å². The molecule has 1 amide bonds. The second kappa shape index (κ2) is 9.56. The van der Waals surface area contributed by atoms with Crippen molar-refractivity contribution in [2.75, 3.05) is 18.6 Å². The first kappa shape index (κ1) is 21.0. The number of ether oxygens (including phenoxy) is 2. The lowest BCUT2D eigenvalue weighted by Crippen LogP contribution is -2.44. The minimum absolute atomic E-state index is 0.00973. The maximum absolute atomic E-state index is 12.5. The number of benzene rings is 1. The number of nitrogens with zero attached hydrogens (tertiary/aromatic N) is 1. The highest BCUT2D eigenvalue weighted by atomic mass is 35.5. The summed E-state index contributed by atoms with van der Waals surface area (Å²) in [6, 6.07) is 2.41. The maximum atomic E-state index is 12.5. The number of amides is 1. The Balaban J connectivity index is 2.10. The average molecular weight is 417 g/mol. The quantitative estimate of drug-likeness (QED) is 0.387. The Morgan fingerprint density at radius 2 is 2.26 bits per heavy atom. The molecule has 1 fully saturated rings. The molecule has 0 bridgehead atoms. The second-order valence-electron chi connectivity index (χ2n) is 5.61. The van der Waals surface area contributed by atoms with E-state index < -0.39 is 34.9 Å². The van der Waals surface area contributed by atoms with Gasteiger partial charge in [-0.25, -0.2) is 9.59 Å². The highest BCUT2D eigenvalue weighted by molar-refractivity contribution is 7.98. The van der Waals surface area contributed by atoms with Crippen LogP contribution in [0.3, 0.4) is 0 Å². The normalized spacial score (nSPS) is 17.1. The van der Waals surface area contributed by atoms with E-state index in [1.54, 1.807) is 0 Å². The first-order chi connectivity index (χ1) is 12.8. The van der Waals surface area contributed by atoms with E-state index in [1.165, 1.54) is 17.8 Å². The molecule has 1 aliphatic heterocycles. The van der Waals surface area contributed by atoms with Gasteiger partial charge in [0.15, 0.2) is 0 Å². The number of carbonyl (C=O) groups excluding carboxylic acids is 3. The molecule has 0 aromatic heterocycles. The van der Waals surface area contributed by atoms with Crippen molar-refractivity contribution in [2.24, 2.45) is 0 Å². The summed E-state index contributed by atoms with van der Waals surface area (Å²) in [4.78, 5) is 46.4. The third-order valence-corrected chi connectivity index (χ3v) is 4.71. The predicted molar refractivity (Wildman–Crippen MR) is 97.8 cm³/mol. The number of rotatable bonds is 8. The summed E-state index contributed by atoms with van der Waals surface area (Å²) in [5.74, 6) is -1.48. The monoisotopic (exact) mass is 416 g/mol. The summed E-state index contributed by atoms with van der Waals surface area (Å²) in [7, 11) is 0. The van der Waals surface area contributed by atoms with Gasteiger partial charge in [0.05, 0.1) is 22.1 Å². The second-order valence-corrected chi connectivity index (χ2v) is 7.00. The van der Waals surface area contributed by atoms with Gasteiger partial charge in [-0.05, 0) is 24.5 Å². The summed E-state index contributed by atoms with van der Waals surface area (Å²) in [6.45, 7) is 0.178. The molecular weight excluding hydrogens is 400 g/mol. The standard InChI is InChI=1S/C16H17ClN2O7S/c1-27-7-5-12(15(21)26-13-4-6-25-16(13)22)18-14(20)10-3-2-9(19(23)24)8-11(10)17/h2-3,8,12-13H,4-7H2,1H3,(H,18,20)/t12-,13+/m0/s1. The van der Waals surface area contributed by atoms with E-state index in [9.17, 15) is 24.5 Å². The van der Waals surface area contributed by atoms with Gasteiger partial charge in [0, 0.05) is 18.6 Å². The zero-order valence-electron chi connectivity index (χ0n) is 14.3. The molecule has 27 heavy (non-hydrogen) atoms. The Kier molecular flexibility index (Phi) is 7.43. The van der Waals surface area contributed by atoms with Crippen LogP contribution in [0.1, 0.15) is 23.2 Å². The number of hydrogen-bond donors (Lipinski definition) is 1. The lowest BCUT2D eigenvalue weighted by Gasteiger charge is -2.19. The summed E-state index contributed by atoms with van der Waals surface area (Å²) in [5.41, 5.74) is -0.265. The molecule has 11 heteroatoms. The van der Waals surface area contributed by atoms with Crippen molar-refractivity contribution in [2.45, 2.75) is 25.0 Å². The zero-order valence-corrected chi connectivity index (χ0v) is 15.9. The van der Waals surface area contributed by atoms with Crippen LogP contribution in [0.25, 0.3) is 0 Å². The first-order valence-corrected chi connectivity index (χ1v) is 9.71. The number of nitrogens with one attached hydrogen (secondary N) is 1. The number of esters is 2. The molecule has 1 aromatic carbocycles. The van der Waals surface area contributed by atoms with Crippen molar-refractivity contribution in [1.82, 2.24) is 5.32 Å². The molecule has 9 nitrogen and oxygen atoms in total. The molecular formula is C16H17ClN2O7S. The Bertz CT molecular complexity index is 758. The van der Waals surface area contributed by atoms with Crippen LogP contribution >= 0.6 is 23.4 Å². The van der Waals surface area contributed by atoms with Crippen LogP contribution in [0, 0.1) is 10.1 Å². The number of cyclic esters (lactones) is 1. The van der Waals surface area contributed by atoms with Gasteiger partial charge in [-0.2, -0.15) is 11.8 Å². The van der Waals surface area contributed by atoms with Gasteiger partial charge >= 0.3 is 11.9 Å². The minimum Gasteiger partial charge on any atom is -0.463 e. The van der Waals surface area contributed by atoms with Gasteiger partial charge in [-0.15, -0.1) is 0 Å². The summed E-state index contributed by atoms with van der Waals surface area (Å²) in [6.07, 6.45) is 1.40. The van der Waals surface area contributed by atoms with Crippen LogP contribution in [0.2, 0.25) is 5.02 Å². The van der Waals surface area contributed by atoms with Crippen LogP contribution < -0.4 is 5.32 Å².